The average molecular weight is 189 g/mol. The molecule has 70 valence electrons. The Labute approximate surface area is 73.4 Å². The minimum absolute atomic E-state index is 0.216. The van der Waals surface area contributed by atoms with Gasteiger partial charge in [-0.3, -0.25) is 0 Å². The maximum atomic E-state index is 10.8. The summed E-state index contributed by atoms with van der Waals surface area (Å²) in [7, 11) is -3.23. The third-order valence-corrected chi connectivity index (χ3v) is 4.22. The van der Waals surface area contributed by atoms with Crippen LogP contribution in [0.4, 0.5) is 0 Å². The highest BCUT2D eigenvalue weighted by molar-refractivity contribution is 7.89. The molecule has 0 radical (unpaired) electrons. The summed E-state index contributed by atoms with van der Waals surface area (Å²) >= 11 is 0. The van der Waals surface area contributed by atoms with Gasteiger partial charge in [-0.05, 0) is 37.0 Å². The van der Waals surface area contributed by atoms with Crippen molar-refractivity contribution in [2.45, 2.75) is 25.7 Å². The van der Waals surface area contributed by atoms with E-state index in [1.54, 1.807) is 0 Å². The second-order valence-electron chi connectivity index (χ2n) is 4.26. The van der Waals surface area contributed by atoms with Crippen molar-refractivity contribution in [3.8, 4) is 0 Å². The van der Waals surface area contributed by atoms with Crippen LogP contribution in [0.5, 0.6) is 0 Å². The van der Waals surface area contributed by atoms with Crippen LogP contribution in [0.3, 0.4) is 0 Å². The van der Waals surface area contributed by atoms with Crippen LogP contribution in [0.25, 0.3) is 0 Å². The third kappa shape index (κ3) is 1.64. The van der Waals surface area contributed by atoms with Crippen LogP contribution in [0, 0.1) is 17.8 Å². The van der Waals surface area contributed by atoms with Crippen molar-refractivity contribution >= 4 is 10.0 Å². The van der Waals surface area contributed by atoms with E-state index in [1.807, 2.05) is 0 Å². The molecule has 0 spiro atoms. The molecular formula is C8H15NO2S. The van der Waals surface area contributed by atoms with E-state index in [1.165, 1.54) is 19.3 Å². The molecule has 2 fully saturated rings. The zero-order valence-corrected chi connectivity index (χ0v) is 7.89. The Balaban J connectivity index is 2.00. The lowest BCUT2D eigenvalue weighted by atomic mass is 9.90. The minimum Gasteiger partial charge on any atom is -0.229 e. The molecule has 0 saturated heterocycles. The smallest absolute Gasteiger partial charge is 0.209 e. The summed E-state index contributed by atoms with van der Waals surface area (Å²) in [6.45, 7) is 0. The van der Waals surface area contributed by atoms with E-state index in [0.717, 1.165) is 12.3 Å². The van der Waals surface area contributed by atoms with Crippen LogP contribution >= 0.6 is 0 Å². The molecule has 2 N–H and O–H groups in total. The van der Waals surface area contributed by atoms with Crippen LogP contribution < -0.4 is 5.14 Å². The number of hydrogen-bond donors (Lipinski definition) is 1. The van der Waals surface area contributed by atoms with Crippen LogP contribution in [0.2, 0.25) is 0 Å². The fraction of sp³-hybridized carbons (Fsp3) is 1.00. The molecule has 3 unspecified atom stereocenters. The van der Waals surface area contributed by atoms with E-state index in [0.29, 0.717) is 11.8 Å². The summed E-state index contributed by atoms with van der Waals surface area (Å²) in [5, 5.41) is 5.02. The predicted octanol–water partition coefficient (Wildman–Crippen LogP) is 0.711. The summed E-state index contributed by atoms with van der Waals surface area (Å²) in [5.74, 6) is 2.06. The van der Waals surface area contributed by atoms with E-state index >= 15 is 0 Å². The van der Waals surface area contributed by atoms with Gasteiger partial charge in [-0.15, -0.1) is 0 Å². The van der Waals surface area contributed by atoms with Gasteiger partial charge in [0.2, 0.25) is 10.0 Å². The fourth-order valence-electron chi connectivity index (χ4n) is 2.88. The first kappa shape index (κ1) is 8.51. The molecule has 0 aromatic heterocycles. The van der Waals surface area contributed by atoms with E-state index in [9.17, 15) is 8.42 Å². The van der Waals surface area contributed by atoms with Gasteiger partial charge < -0.3 is 0 Å². The summed E-state index contributed by atoms with van der Waals surface area (Å²) in [5.41, 5.74) is 0. The summed E-state index contributed by atoms with van der Waals surface area (Å²) in [4.78, 5) is 0. The molecule has 2 rings (SSSR count). The molecule has 0 amide bonds. The second-order valence-corrected chi connectivity index (χ2v) is 5.92. The Morgan fingerprint density at radius 3 is 2.42 bits per heavy atom. The molecule has 2 aliphatic rings. The molecule has 4 heteroatoms. The summed E-state index contributed by atoms with van der Waals surface area (Å²) in [6.07, 6.45) is 4.89. The molecule has 3 atom stereocenters. The minimum atomic E-state index is -3.23. The molecule has 2 aliphatic carbocycles. The van der Waals surface area contributed by atoms with Crippen molar-refractivity contribution in [3.05, 3.63) is 0 Å². The van der Waals surface area contributed by atoms with E-state index < -0.39 is 10.0 Å². The van der Waals surface area contributed by atoms with Gasteiger partial charge in [0.25, 0.3) is 0 Å². The van der Waals surface area contributed by atoms with Gasteiger partial charge in [-0.25, -0.2) is 13.6 Å². The van der Waals surface area contributed by atoms with E-state index in [2.05, 4.69) is 0 Å². The number of primary sulfonamides is 1. The summed E-state index contributed by atoms with van der Waals surface area (Å²) in [6, 6.07) is 0. The Morgan fingerprint density at radius 1 is 1.25 bits per heavy atom. The largest absolute Gasteiger partial charge is 0.229 e. The quantitative estimate of drug-likeness (QED) is 0.695. The Hall–Kier alpha value is -0.0900. The maximum absolute atomic E-state index is 10.8. The second kappa shape index (κ2) is 2.70. The standard InChI is InChI=1S/C8H15NO2S/c9-12(10,11)5-8-4-6-1-2-7(8)3-6/h6-8H,1-5H2,(H2,9,10,11). The van der Waals surface area contributed by atoms with Crippen molar-refractivity contribution in [2.24, 2.45) is 22.9 Å². The third-order valence-electron chi connectivity index (χ3n) is 3.33. The van der Waals surface area contributed by atoms with Crippen LogP contribution in [0.1, 0.15) is 25.7 Å². The monoisotopic (exact) mass is 189 g/mol. The van der Waals surface area contributed by atoms with Gasteiger partial charge in [-0.2, -0.15) is 0 Å². The molecule has 0 aromatic rings. The first-order chi connectivity index (χ1) is 5.54. The lowest BCUT2D eigenvalue weighted by Gasteiger charge is -2.19. The summed E-state index contributed by atoms with van der Waals surface area (Å²) < 4.78 is 21.7. The van der Waals surface area contributed by atoms with Crippen molar-refractivity contribution in [2.75, 3.05) is 5.75 Å². The van der Waals surface area contributed by atoms with E-state index in [-0.39, 0.29) is 5.75 Å². The Kier molecular flexibility index (Phi) is 1.92. The van der Waals surface area contributed by atoms with Gasteiger partial charge in [-0.1, -0.05) is 6.42 Å². The fourth-order valence-corrected chi connectivity index (χ4v) is 3.88. The van der Waals surface area contributed by atoms with Gasteiger partial charge in [0, 0.05) is 0 Å². The molecule has 2 bridgehead atoms. The van der Waals surface area contributed by atoms with Crippen LogP contribution in [-0.4, -0.2) is 14.2 Å². The van der Waals surface area contributed by atoms with Crippen molar-refractivity contribution in [1.82, 2.24) is 0 Å². The van der Waals surface area contributed by atoms with Gasteiger partial charge in [0.15, 0.2) is 0 Å². The lowest BCUT2D eigenvalue weighted by Crippen LogP contribution is -2.26. The zero-order chi connectivity index (χ0) is 8.77. The molecule has 0 heterocycles. The van der Waals surface area contributed by atoms with Gasteiger partial charge in [0.1, 0.15) is 0 Å². The normalized spacial score (nSPS) is 40.6. The van der Waals surface area contributed by atoms with Crippen molar-refractivity contribution in [1.29, 1.82) is 0 Å². The molecular weight excluding hydrogens is 174 g/mol. The molecule has 0 aliphatic heterocycles. The first-order valence-corrected chi connectivity index (χ1v) is 6.26. The van der Waals surface area contributed by atoms with Crippen molar-refractivity contribution < 1.29 is 8.42 Å². The average Bonchev–Trinajstić information content (AvgIpc) is 2.42. The molecule has 2 saturated carbocycles. The highest BCUT2D eigenvalue weighted by atomic mass is 32.2. The highest BCUT2D eigenvalue weighted by Gasteiger charge is 2.40. The number of hydrogen-bond acceptors (Lipinski definition) is 2. The van der Waals surface area contributed by atoms with Crippen molar-refractivity contribution in [3.63, 3.8) is 0 Å². The Bertz CT molecular complexity index is 273. The number of fused-ring (bicyclic) bond motifs is 2. The Morgan fingerprint density at radius 2 is 2.00 bits per heavy atom. The zero-order valence-electron chi connectivity index (χ0n) is 7.07. The lowest BCUT2D eigenvalue weighted by molar-refractivity contribution is 0.360. The van der Waals surface area contributed by atoms with Gasteiger partial charge >= 0.3 is 0 Å². The molecule has 0 aromatic carbocycles. The number of rotatable bonds is 2. The number of sulfonamides is 1. The van der Waals surface area contributed by atoms with Crippen LogP contribution in [0.15, 0.2) is 0 Å². The molecule has 12 heavy (non-hydrogen) atoms. The predicted molar refractivity (Wildman–Crippen MR) is 46.9 cm³/mol. The number of nitrogens with two attached hydrogens (primary N) is 1. The molecule has 3 nitrogen and oxygen atoms in total. The maximum Gasteiger partial charge on any atom is 0.209 e. The topological polar surface area (TPSA) is 60.2 Å². The van der Waals surface area contributed by atoms with Crippen LogP contribution in [-0.2, 0) is 10.0 Å². The highest BCUT2D eigenvalue weighted by Crippen LogP contribution is 2.48. The SMILES string of the molecule is NS(=O)(=O)CC1CC2CCC1C2. The van der Waals surface area contributed by atoms with E-state index in [4.69, 9.17) is 5.14 Å². The van der Waals surface area contributed by atoms with Gasteiger partial charge in [0.05, 0.1) is 5.75 Å². The first-order valence-electron chi connectivity index (χ1n) is 4.55.